The second-order valence-electron chi connectivity index (χ2n) is 4.58. The molecule has 0 spiro atoms. The van der Waals surface area contributed by atoms with Crippen LogP contribution in [-0.2, 0) is 9.59 Å². The molecule has 0 saturated heterocycles. The van der Waals surface area contributed by atoms with Crippen molar-refractivity contribution in [2.24, 2.45) is 16.1 Å². The van der Waals surface area contributed by atoms with Gasteiger partial charge in [0.1, 0.15) is 0 Å². The van der Waals surface area contributed by atoms with Gasteiger partial charge in [-0.05, 0) is 19.4 Å². The van der Waals surface area contributed by atoms with Crippen LogP contribution in [0.1, 0.15) is 25.8 Å². The minimum absolute atomic E-state index is 0.0483. The molecule has 20 heavy (non-hydrogen) atoms. The molecule has 2 rings (SSSR count). The molecule has 0 saturated carbocycles. The van der Waals surface area contributed by atoms with Gasteiger partial charge in [0.15, 0.2) is 0 Å². The Hall–Kier alpha value is -2.50. The summed E-state index contributed by atoms with van der Waals surface area (Å²) in [5.41, 5.74) is 7.07. The maximum Gasteiger partial charge on any atom is 0.249 e. The highest BCUT2D eigenvalue weighted by atomic mass is 16.2. The van der Waals surface area contributed by atoms with E-state index in [1.807, 2.05) is 37.3 Å². The number of benzene rings is 1. The van der Waals surface area contributed by atoms with Crippen molar-refractivity contribution < 1.29 is 9.59 Å². The third-order valence-corrected chi connectivity index (χ3v) is 3.09. The van der Waals surface area contributed by atoms with Gasteiger partial charge in [-0.2, -0.15) is 10.2 Å². The fraction of sp³-hybridized carbons (Fsp3) is 0.286. The highest BCUT2D eigenvalue weighted by molar-refractivity contribution is 6.09. The van der Waals surface area contributed by atoms with Gasteiger partial charge in [0, 0.05) is 12.1 Å². The standard InChI is InChI=1S/C14H16N4O2/c1-9(11-6-4-3-5-7-11)15-17-13(19)8-12-10(2)16-18-14(12)20/h3-7,12H,8H2,1-2H3,(H,17,19)(H,18,20)/b15-9+/t12-/m1/s1. The minimum atomic E-state index is -0.498. The van der Waals surface area contributed by atoms with E-state index in [1.54, 1.807) is 6.92 Å². The van der Waals surface area contributed by atoms with Crippen molar-refractivity contribution in [1.29, 1.82) is 0 Å². The normalized spacial score (nSPS) is 18.5. The Morgan fingerprint density at radius 2 is 2.10 bits per heavy atom. The van der Waals surface area contributed by atoms with Gasteiger partial charge in [-0.15, -0.1) is 0 Å². The van der Waals surface area contributed by atoms with Gasteiger partial charge in [0.05, 0.1) is 11.6 Å². The molecule has 6 nitrogen and oxygen atoms in total. The molecular formula is C14H16N4O2. The molecule has 2 N–H and O–H groups in total. The summed E-state index contributed by atoms with van der Waals surface area (Å²) in [6, 6.07) is 9.53. The number of hydrazone groups is 2. The van der Waals surface area contributed by atoms with E-state index in [-0.39, 0.29) is 18.2 Å². The first-order valence-corrected chi connectivity index (χ1v) is 6.30. The Balaban J connectivity index is 1.92. The van der Waals surface area contributed by atoms with E-state index in [9.17, 15) is 9.59 Å². The van der Waals surface area contributed by atoms with Crippen LogP contribution in [-0.4, -0.2) is 23.2 Å². The van der Waals surface area contributed by atoms with E-state index < -0.39 is 5.92 Å². The average Bonchev–Trinajstić information content (AvgIpc) is 2.77. The van der Waals surface area contributed by atoms with Gasteiger partial charge in [0.2, 0.25) is 11.8 Å². The lowest BCUT2D eigenvalue weighted by Crippen LogP contribution is -2.29. The Bertz CT molecular complexity index is 578. The summed E-state index contributed by atoms with van der Waals surface area (Å²) in [7, 11) is 0. The third kappa shape index (κ3) is 3.28. The van der Waals surface area contributed by atoms with E-state index in [2.05, 4.69) is 21.1 Å². The predicted molar refractivity (Wildman–Crippen MR) is 76.2 cm³/mol. The van der Waals surface area contributed by atoms with Crippen LogP contribution in [0.4, 0.5) is 0 Å². The number of hydrogen-bond acceptors (Lipinski definition) is 4. The summed E-state index contributed by atoms with van der Waals surface area (Å²) in [4.78, 5) is 23.2. The predicted octanol–water partition coefficient (Wildman–Crippen LogP) is 1.04. The molecule has 0 aliphatic carbocycles. The second-order valence-corrected chi connectivity index (χ2v) is 4.58. The Labute approximate surface area is 116 Å². The van der Waals surface area contributed by atoms with Crippen LogP contribution in [0.5, 0.6) is 0 Å². The zero-order valence-electron chi connectivity index (χ0n) is 11.4. The number of hydrogen-bond donors (Lipinski definition) is 2. The smallest absolute Gasteiger partial charge is 0.249 e. The maximum atomic E-state index is 11.8. The van der Waals surface area contributed by atoms with Gasteiger partial charge in [-0.3, -0.25) is 9.59 Å². The molecule has 1 aromatic carbocycles. The molecule has 0 radical (unpaired) electrons. The van der Waals surface area contributed by atoms with Crippen LogP contribution in [0.15, 0.2) is 40.5 Å². The summed E-state index contributed by atoms with van der Waals surface area (Å²) >= 11 is 0. The van der Waals surface area contributed by atoms with Crippen LogP contribution in [0.25, 0.3) is 0 Å². The van der Waals surface area contributed by atoms with Crippen molar-refractivity contribution in [3.8, 4) is 0 Å². The van der Waals surface area contributed by atoms with Crippen LogP contribution >= 0.6 is 0 Å². The molecule has 6 heteroatoms. The number of amides is 2. The molecule has 104 valence electrons. The summed E-state index contributed by atoms with van der Waals surface area (Å²) in [6.45, 7) is 3.53. The van der Waals surface area contributed by atoms with Crippen LogP contribution in [0.3, 0.4) is 0 Å². The van der Waals surface area contributed by atoms with Gasteiger partial charge in [-0.25, -0.2) is 10.9 Å². The number of carbonyl (C=O) groups excluding carboxylic acids is 2. The number of rotatable bonds is 4. The van der Waals surface area contributed by atoms with Gasteiger partial charge < -0.3 is 0 Å². The van der Waals surface area contributed by atoms with Crippen molar-refractivity contribution in [1.82, 2.24) is 10.9 Å². The average molecular weight is 272 g/mol. The molecule has 0 fully saturated rings. The van der Waals surface area contributed by atoms with Crippen molar-refractivity contribution in [3.05, 3.63) is 35.9 Å². The molecule has 1 heterocycles. The van der Waals surface area contributed by atoms with E-state index >= 15 is 0 Å². The quantitative estimate of drug-likeness (QED) is 0.634. The van der Waals surface area contributed by atoms with Crippen molar-refractivity contribution in [2.75, 3.05) is 0 Å². The van der Waals surface area contributed by atoms with Crippen molar-refractivity contribution in [3.63, 3.8) is 0 Å². The number of nitrogens with one attached hydrogen (secondary N) is 2. The first kappa shape index (κ1) is 13.9. The molecule has 1 aliphatic heterocycles. The van der Waals surface area contributed by atoms with Crippen molar-refractivity contribution >= 4 is 23.2 Å². The molecule has 1 aromatic rings. The maximum absolute atomic E-state index is 11.8. The van der Waals surface area contributed by atoms with Gasteiger partial charge in [0.25, 0.3) is 0 Å². The molecule has 2 amide bonds. The van der Waals surface area contributed by atoms with Gasteiger partial charge in [-0.1, -0.05) is 30.3 Å². The second kappa shape index (κ2) is 6.10. The molecule has 0 bridgehead atoms. The largest absolute Gasteiger partial charge is 0.273 e. The zero-order valence-corrected chi connectivity index (χ0v) is 11.4. The summed E-state index contributed by atoms with van der Waals surface area (Å²) in [5, 5.41) is 7.83. The van der Waals surface area contributed by atoms with Crippen LogP contribution < -0.4 is 10.9 Å². The fourth-order valence-corrected chi connectivity index (χ4v) is 1.85. The first-order chi connectivity index (χ1) is 9.58. The molecular weight excluding hydrogens is 256 g/mol. The lowest BCUT2D eigenvalue weighted by atomic mass is 10.0. The highest BCUT2D eigenvalue weighted by Gasteiger charge is 2.28. The summed E-state index contributed by atoms with van der Waals surface area (Å²) in [6.07, 6.45) is 0.0483. The first-order valence-electron chi connectivity index (χ1n) is 6.30. The molecule has 1 atom stereocenters. The van der Waals surface area contributed by atoms with E-state index in [1.165, 1.54) is 0 Å². The summed E-state index contributed by atoms with van der Waals surface area (Å²) in [5.74, 6) is -1.06. The molecule has 0 unspecified atom stereocenters. The van der Waals surface area contributed by atoms with E-state index in [0.717, 1.165) is 5.56 Å². The van der Waals surface area contributed by atoms with E-state index in [0.29, 0.717) is 11.4 Å². The molecule has 1 aliphatic rings. The van der Waals surface area contributed by atoms with Crippen molar-refractivity contribution in [2.45, 2.75) is 20.3 Å². The number of carbonyl (C=O) groups is 2. The minimum Gasteiger partial charge on any atom is -0.273 e. The van der Waals surface area contributed by atoms with Gasteiger partial charge >= 0.3 is 0 Å². The van der Waals surface area contributed by atoms with E-state index in [4.69, 9.17) is 0 Å². The molecule has 0 aromatic heterocycles. The topological polar surface area (TPSA) is 82.9 Å². The zero-order chi connectivity index (χ0) is 14.5. The monoisotopic (exact) mass is 272 g/mol. The number of nitrogens with zero attached hydrogens (tertiary/aromatic N) is 2. The third-order valence-electron chi connectivity index (χ3n) is 3.09. The SMILES string of the molecule is CC1=NNC(=O)[C@@H]1CC(=O)N/N=C(\C)c1ccccc1. The lowest BCUT2D eigenvalue weighted by Gasteiger charge is -2.06. The summed E-state index contributed by atoms with van der Waals surface area (Å²) < 4.78 is 0. The Morgan fingerprint density at radius 3 is 2.70 bits per heavy atom. The Morgan fingerprint density at radius 1 is 1.40 bits per heavy atom. The van der Waals surface area contributed by atoms with Crippen LogP contribution in [0, 0.1) is 5.92 Å². The highest BCUT2D eigenvalue weighted by Crippen LogP contribution is 2.11. The fourth-order valence-electron chi connectivity index (χ4n) is 1.85. The Kier molecular flexibility index (Phi) is 4.24. The lowest BCUT2D eigenvalue weighted by molar-refractivity contribution is -0.127. The van der Waals surface area contributed by atoms with Crippen LogP contribution in [0.2, 0.25) is 0 Å².